The summed E-state index contributed by atoms with van der Waals surface area (Å²) in [4.78, 5) is 22.6. The molecule has 0 amide bonds. The predicted octanol–water partition coefficient (Wildman–Crippen LogP) is 2.36. The fourth-order valence-corrected chi connectivity index (χ4v) is 1.84. The molecule has 2 aromatic rings. The highest BCUT2D eigenvalue weighted by Gasteiger charge is 2.14. The molecule has 1 atom stereocenters. The molecule has 0 aliphatic heterocycles. The molecule has 0 aromatic heterocycles. The quantitative estimate of drug-likeness (QED) is 0.792. The van der Waals surface area contributed by atoms with E-state index in [0.29, 0.717) is 0 Å². The summed E-state index contributed by atoms with van der Waals surface area (Å²) in [6.45, 7) is 0.202. The number of ether oxygens (including phenoxy) is 1. The molecule has 0 bridgehead atoms. The summed E-state index contributed by atoms with van der Waals surface area (Å²) in [6.07, 6.45) is 0.961. The van der Waals surface area contributed by atoms with Crippen molar-refractivity contribution in [3.05, 3.63) is 66.2 Å². The summed E-state index contributed by atoms with van der Waals surface area (Å²) in [6, 6.07) is 18.6. The Balaban J connectivity index is 1.81. The van der Waals surface area contributed by atoms with Gasteiger partial charge in [-0.05, 0) is 17.7 Å². The van der Waals surface area contributed by atoms with Gasteiger partial charge in [-0.1, -0.05) is 48.5 Å². The number of benzene rings is 2. The summed E-state index contributed by atoms with van der Waals surface area (Å²) < 4.78 is 5.10. The maximum absolute atomic E-state index is 11.8. The molecule has 1 N–H and O–H groups in total. The van der Waals surface area contributed by atoms with Gasteiger partial charge in [0.1, 0.15) is 0 Å². The summed E-state index contributed by atoms with van der Waals surface area (Å²) in [5.74, 6) is -0.440. The topological polar surface area (TPSA) is 55.4 Å². The van der Waals surface area contributed by atoms with Crippen molar-refractivity contribution in [1.29, 1.82) is 0 Å². The molecule has 4 nitrogen and oxygen atoms in total. The molecule has 4 heteroatoms. The number of carbonyl (C=O) groups is 1. The van der Waals surface area contributed by atoms with E-state index < -0.39 is 12.1 Å². The average molecular weight is 282 g/mol. The van der Waals surface area contributed by atoms with Crippen LogP contribution in [0, 0.1) is 0 Å². The lowest BCUT2D eigenvalue weighted by molar-refractivity contribution is -0.144. The van der Waals surface area contributed by atoms with E-state index in [2.05, 4.69) is 5.32 Å². The number of nitrogens with one attached hydrogen (secondary N) is 1. The predicted molar refractivity (Wildman–Crippen MR) is 80.7 cm³/mol. The van der Waals surface area contributed by atoms with Crippen LogP contribution in [0.25, 0.3) is 0 Å². The number of esters is 1. The third kappa shape index (κ3) is 5.10. The number of hydrogen-bond acceptors (Lipinski definition) is 4. The highest BCUT2D eigenvalue weighted by molar-refractivity contribution is 5.75. The third-order valence-electron chi connectivity index (χ3n) is 2.86. The first-order valence-electron chi connectivity index (χ1n) is 6.68. The van der Waals surface area contributed by atoms with Crippen LogP contribution in [0.15, 0.2) is 60.7 Å². The van der Waals surface area contributed by atoms with Crippen LogP contribution in [-0.4, -0.2) is 24.9 Å². The van der Waals surface area contributed by atoms with Gasteiger partial charge in [0.25, 0.3) is 0 Å². The lowest BCUT2D eigenvalue weighted by Gasteiger charge is -2.13. The fourth-order valence-electron chi connectivity index (χ4n) is 1.84. The van der Waals surface area contributed by atoms with Gasteiger partial charge in [0.2, 0.25) is 6.29 Å². The van der Waals surface area contributed by atoms with Gasteiger partial charge < -0.3 is 10.1 Å². The normalized spacial score (nSPS) is 11.4. The van der Waals surface area contributed by atoms with Crippen molar-refractivity contribution in [2.24, 2.45) is 0 Å². The van der Waals surface area contributed by atoms with Crippen molar-refractivity contribution >= 4 is 17.9 Å². The van der Waals surface area contributed by atoms with Gasteiger partial charge in [-0.25, -0.2) is 0 Å². The van der Waals surface area contributed by atoms with E-state index in [0.717, 1.165) is 11.3 Å². The maximum Gasteiger partial charge on any atom is 0.311 e. The van der Waals surface area contributed by atoms with E-state index in [9.17, 15) is 9.59 Å². The van der Waals surface area contributed by atoms with Crippen LogP contribution in [0.5, 0.6) is 0 Å². The summed E-state index contributed by atoms with van der Waals surface area (Å²) in [7, 11) is 0. The first-order valence-corrected chi connectivity index (χ1v) is 6.68. The molecule has 2 rings (SSSR count). The molecule has 0 aliphatic rings. The summed E-state index contributed by atoms with van der Waals surface area (Å²) in [5.41, 5.74) is 1.71. The molecule has 0 saturated heterocycles. The van der Waals surface area contributed by atoms with Crippen molar-refractivity contribution in [3.8, 4) is 0 Å². The van der Waals surface area contributed by atoms with Crippen LogP contribution in [0.2, 0.25) is 0 Å². The average Bonchev–Trinajstić information content (AvgIpc) is 2.53. The molecule has 0 saturated carbocycles. The number of anilines is 1. The van der Waals surface area contributed by atoms with Crippen molar-refractivity contribution < 1.29 is 14.3 Å². The Morgan fingerprint density at radius 1 is 1.05 bits per heavy atom. The van der Waals surface area contributed by atoms with Gasteiger partial charge in [-0.2, -0.15) is 0 Å². The first kappa shape index (κ1) is 14.8. The summed E-state index contributed by atoms with van der Waals surface area (Å²) in [5, 5.41) is 3.03. The highest BCUT2D eigenvalue weighted by atomic mass is 16.5. The SMILES string of the molecule is O=[C]C(CNc1ccccc1)OC(=O)Cc1ccccc1. The van der Waals surface area contributed by atoms with Gasteiger partial charge in [-0.15, -0.1) is 0 Å². The lowest BCUT2D eigenvalue weighted by Crippen LogP contribution is -2.28. The summed E-state index contributed by atoms with van der Waals surface area (Å²) >= 11 is 0. The van der Waals surface area contributed by atoms with E-state index >= 15 is 0 Å². The Morgan fingerprint density at radius 2 is 1.67 bits per heavy atom. The minimum absolute atomic E-state index is 0.143. The molecule has 0 fully saturated rings. The molecule has 1 radical (unpaired) electrons. The zero-order valence-electron chi connectivity index (χ0n) is 11.5. The molecule has 0 aliphatic carbocycles. The first-order chi connectivity index (χ1) is 10.3. The second-order valence-corrected chi connectivity index (χ2v) is 4.51. The van der Waals surface area contributed by atoms with Gasteiger partial charge >= 0.3 is 5.97 Å². The second-order valence-electron chi connectivity index (χ2n) is 4.51. The zero-order chi connectivity index (χ0) is 14.9. The fraction of sp³-hybridized carbons (Fsp3) is 0.176. The van der Waals surface area contributed by atoms with E-state index in [1.807, 2.05) is 60.7 Å². The smallest absolute Gasteiger partial charge is 0.311 e. The van der Waals surface area contributed by atoms with Gasteiger partial charge in [0, 0.05) is 5.69 Å². The van der Waals surface area contributed by atoms with E-state index in [-0.39, 0.29) is 13.0 Å². The molecular formula is C17H16NO3. The van der Waals surface area contributed by atoms with Crippen molar-refractivity contribution in [2.75, 3.05) is 11.9 Å². The number of hydrogen-bond donors (Lipinski definition) is 1. The minimum atomic E-state index is -0.915. The van der Waals surface area contributed by atoms with Gasteiger partial charge in [0.15, 0.2) is 6.10 Å². The number of rotatable bonds is 7. The zero-order valence-corrected chi connectivity index (χ0v) is 11.5. The Bertz CT molecular complexity index is 569. The molecular weight excluding hydrogens is 266 g/mol. The van der Waals surface area contributed by atoms with Crippen LogP contribution in [-0.2, 0) is 20.7 Å². The van der Waals surface area contributed by atoms with E-state index in [1.54, 1.807) is 6.29 Å². The molecule has 0 heterocycles. The van der Waals surface area contributed by atoms with Crippen LogP contribution >= 0.6 is 0 Å². The van der Waals surface area contributed by atoms with Crippen molar-refractivity contribution in [2.45, 2.75) is 12.5 Å². The third-order valence-corrected chi connectivity index (χ3v) is 2.86. The Hall–Kier alpha value is -2.62. The monoisotopic (exact) mass is 282 g/mol. The van der Waals surface area contributed by atoms with Crippen LogP contribution < -0.4 is 5.32 Å². The Labute approximate surface area is 123 Å². The van der Waals surface area contributed by atoms with Gasteiger partial charge in [-0.3, -0.25) is 9.59 Å². The number of para-hydroxylation sites is 1. The van der Waals surface area contributed by atoms with Crippen LogP contribution in [0.3, 0.4) is 0 Å². The van der Waals surface area contributed by atoms with E-state index in [1.165, 1.54) is 0 Å². The highest BCUT2D eigenvalue weighted by Crippen LogP contribution is 2.06. The number of carbonyl (C=O) groups excluding carboxylic acids is 2. The van der Waals surface area contributed by atoms with Crippen molar-refractivity contribution in [1.82, 2.24) is 0 Å². The van der Waals surface area contributed by atoms with Crippen LogP contribution in [0.4, 0.5) is 5.69 Å². The molecule has 21 heavy (non-hydrogen) atoms. The Kier molecular flexibility index (Phi) is 5.52. The Morgan fingerprint density at radius 3 is 2.29 bits per heavy atom. The van der Waals surface area contributed by atoms with Gasteiger partial charge in [0.05, 0.1) is 13.0 Å². The standard InChI is InChI=1S/C17H16NO3/c19-13-16(12-18-15-9-5-2-6-10-15)21-17(20)11-14-7-3-1-4-8-14/h1-10,16,18H,11-12H2. The molecule has 1 unspecified atom stereocenters. The molecule has 0 spiro atoms. The molecule has 2 aromatic carbocycles. The molecule has 107 valence electrons. The van der Waals surface area contributed by atoms with E-state index in [4.69, 9.17) is 4.74 Å². The van der Waals surface area contributed by atoms with Crippen molar-refractivity contribution in [3.63, 3.8) is 0 Å². The second kappa shape index (κ2) is 7.85. The lowest BCUT2D eigenvalue weighted by atomic mass is 10.1. The minimum Gasteiger partial charge on any atom is -0.452 e. The maximum atomic E-state index is 11.8. The largest absolute Gasteiger partial charge is 0.452 e. The van der Waals surface area contributed by atoms with Crippen LogP contribution in [0.1, 0.15) is 5.56 Å².